The second-order valence-corrected chi connectivity index (χ2v) is 4.91. The highest BCUT2D eigenvalue weighted by atomic mass is 35.5. The van der Waals surface area contributed by atoms with Crippen molar-refractivity contribution in [3.05, 3.63) is 69.0 Å². The largest absolute Gasteiger partial charge is 0.484 e. The molecular formula is C15H11ClFN3O4. The zero-order valence-electron chi connectivity index (χ0n) is 12.1. The molecule has 2 aromatic rings. The van der Waals surface area contributed by atoms with Crippen LogP contribution in [0, 0.1) is 15.9 Å². The second-order valence-electron chi connectivity index (χ2n) is 4.50. The highest BCUT2D eigenvalue weighted by Crippen LogP contribution is 2.20. The molecule has 0 heterocycles. The predicted octanol–water partition coefficient (Wildman–Crippen LogP) is 2.92. The highest BCUT2D eigenvalue weighted by Gasteiger charge is 2.08. The molecule has 0 aliphatic carbocycles. The van der Waals surface area contributed by atoms with E-state index in [1.54, 1.807) is 0 Å². The molecular weight excluding hydrogens is 341 g/mol. The third-order valence-corrected chi connectivity index (χ3v) is 3.09. The summed E-state index contributed by atoms with van der Waals surface area (Å²) in [6.07, 6.45) is 1.18. The van der Waals surface area contributed by atoms with E-state index in [-0.39, 0.29) is 28.6 Å². The van der Waals surface area contributed by atoms with Gasteiger partial charge in [0.05, 0.1) is 11.1 Å². The van der Waals surface area contributed by atoms with Gasteiger partial charge in [-0.25, -0.2) is 9.82 Å². The molecule has 2 aromatic carbocycles. The molecule has 0 saturated heterocycles. The molecule has 0 aliphatic heterocycles. The van der Waals surface area contributed by atoms with Crippen LogP contribution in [-0.2, 0) is 4.79 Å². The number of hydrazone groups is 1. The van der Waals surface area contributed by atoms with Crippen molar-refractivity contribution in [2.75, 3.05) is 6.61 Å². The lowest BCUT2D eigenvalue weighted by molar-refractivity contribution is -0.384. The lowest BCUT2D eigenvalue weighted by Crippen LogP contribution is -2.24. The Hall–Kier alpha value is -3.00. The summed E-state index contributed by atoms with van der Waals surface area (Å²) in [7, 11) is 0. The van der Waals surface area contributed by atoms with Crippen molar-refractivity contribution in [1.29, 1.82) is 0 Å². The lowest BCUT2D eigenvalue weighted by Gasteiger charge is -2.04. The van der Waals surface area contributed by atoms with Crippen molar-refractivity contribution in [3.8, 4) is 5.75 Å². The average molecular weight is 352 g/mol. The van der Waals surface area contributed by atoms with Crippen LogP contribution >= 0.6 is 11.6 Å². The predicted molar refractivity (Wildman–Crippen MR) is 85.7 cm³/mol. The topological polar surface area (TPSA) is 93.8 Å². The molecule has 0 saturated carbocycles. The first-order valence-corrected chi connectivity index (χ1v) is 6.98. The van der Waals surface area contributed by atoms with Crippen LogP contribution < -0.4 is 10.2 Å². The summed E-state index contributed by atoms with van der Waals surface area (Å²) in [5.74, 6) is -0.862. The standard InChI is InChI=1S/C15H11ClFN3O4/c16-14-5-4-12(20(22)23)6-10(14)8-18-19-15(21)9-24-13-3-1-2-11(17)7-13/h1-8H,9H2,(H,19,21)/b18-8-. The smallest absolute Gasteiger partial charge is 0.277 e. The number of amides is 1. The van der Waals surface area contributed by atoms with Crippen molar-refractivity contribution in [2.45, 2.75) is 0 Å². The summed E-state index contributed by atoms with van der Waals surface area (Å²) in [4.78, 5) is 21.7. The first-order chi connectivity index (χ1) is 11.5. The molecule has 0 unspecified atom stereocenters. The number of nitro groups is 1. The normalized spacial score (nSPS) is 10.6. The van der Waals surface area contributed by atoms with Crippen LogP contribution in [0.5, 0.6) is 5.75 Å². The maximum atomic E-state index is 12.9. The van der Waals surface area contributed by atoms with E-state index in [0.717, 1.165) is 6.07 Å². The van der Waals surface area contributed by atoms with Gasteiger partial charge >= 0.3 is 0 Å². The van der Waals surface area contributed by atoms with Crippen LogP contribution in [0.1, 0.15) is 5.56 Å². The van der Waals surface area contributed by atoms with Gasteiger partial charge in [0.1, 0.15) is 11.6 Å². The van der Waals surface area contributed by atoms with Crippen molar-refractivity contribution < 1.29 is 18.8 Å². The van der Waals surface area contributed by atoms with Gasteiger partial charge in [0.15, 0.2) is 6.61 Å². The zero-order chi connectivity index (χ0) is 17.5. The Labute approximate surface area is 140 Å². The van der Waals surface area contributed by atoms with Gasteiger partial charge in [0.25, 0.3) is 11.6 Å². The van der Waals surface area contributed by atoms with Gasteiger partial charge in [0.2, 0.25) is 0 Å². The molecule has 0 bridgehead atoms. The number of hydrogen-bond donors (Lipinski definition) is 1. The SMILES string of the molecule is O=C(COc1cccc(F)c1)N/N=C\c1cc([N+](=O)[O-])ccc1Cl. The van der Waals surface area contributed by atoms with E-state index >= 15 is 0 Å². The zero-order valence-corrected chi connectivity index (χ0v) is 12.9. The van der Waals surface area contributed by atoms with Gasteiger partial charge in [-0.3, -0.25) is 14.9 Å². The minimum atomic E-state index is -0.586. The number of carbonyl (C=O) groups excluding carboxylic acids is 1. The molecule has 7 nitrogen and oxygen atoms in total. The van der Waals surface area contributed by atoms with Crippen LogP contribution in [0.15, 0.2) is 47.6 Å². The van der Waals surface area contributed by atoms with Gasteiger partial charge in [-0.15, -0.1) is 0 Å². The molecule has 0 aliphatic rings. The number of nitrogens with zero attached hydrogens (tertiary/aromatic N) is 2. The third kappa shape index (κ3) is 5.03. The first kappa shape index (κ1) is 17.4. The molecule has 1 amide bonds. The fraction of sp³-hybridized carbons (Fsp3) is 0.0667. The molecule has 1 N–H and O–H groups in total. The van der Waals surface area contributed by atoms with Crippen molar-refractivity contribution in [3.63, 3.8) is 0 Å². The monoisotopic (exact) mass is 351 g/mol. The molecule has 2 rings (SSSR count). The Kier molecular flexibility index (Phi) is 5.80. The fourth-order valence-corrected chi connectivity index (χ4v) is 1.82. The summed E-state index contributed by atoms with van der Waals surface area (Å²) < 4.78 is 18.0. The van der Waals surface area contributed by atoms with Crippen LogP contribution in [0.3, 0.4) is 0 Å². The highest BCUT2D eigenvalue weighted by molar-refractivity contribution is 6.33. The van der Waals surface area contributed by atoms with Crippen molar-refractivity contribution in [2.24, 2.45) is 5.10 Å². The number of rotatable bonds is 6. The van der Waals surface area contributed by atoms with E-state index in [1.165, 1.54) is 42.6 Å². The summed E-state index contributed by atoms with van der Waals surface area (Å²) in [5.41, 5.74) is 2.30. The van der Waals surface area contributed by atoms with Crippen molar-refractivity contribution in [1.82, 2.24) is 5.43 Å². The maximum Gasteiger partial charge on any atom is 0.277 e. The van der Waals surface area contributed by atoms with E-state index < -0.39 is 16.6 Å². The minimum absolute atomic E-state index is 0.151. The van der Waals surface area contributed by atoms with E-state index in [1.807, 2.05) is 0 Å². The number of hydrogen-bond acceptors (Lipinski definition) is 5. The number of nitro benzene ring substituents is 1. The number of ether oxygens (including phenoxy) is 1. The Bertz CT molecular complexity index is 798. The summed E-state index contributed by atoms with van der Waals surface area (Å²) >= 11 is 5.89. The van der Waals surface area contributed by atoms with Gasteiger partial charge in [0, 0.05) is 28.8 Å². The van der Waals surface area contributed by atoms with Crippen molar-refractivity contribution >= 4 is 29.4 Å². The van der Waals surface area contributed by atoms with Crippen LogP contribution in [0.4, 0.5) is 10.1 Å². The number of benzene rings is 2. The molecule has 0 radical (unpaired) electrons. The van der Waals surface area contributed by atoms with Gasteiger partial charge in [-0.1, -0.05) is 17.7 Å². The Morgan fingerprint density at radius 3 is 2.88 bits per heavy atom. The van der Waals surface area contributed by atoms with Gasteiger partial charge in [-0.05, 0) is 18.2 Å². The van der Waals surface area contributed by atoms with Crippen LogP contribution in [0.25, 0.3) is 0 Å². The maximum absolute atomic E-state index is 12.9. The second kappa shape index (κ2) is 8.02. The lowest BCUT2D eigenvalue weighted by atomic mass is 10.2. The number of halogens is 2. The minimum Gasteiger partial charge on any atom is -0.484 e. The van der Waals surface area contributed by atoms with Gasteiger partial charge < -0.3 is 4.74 Å². The van der Waals surface area contributed by atoms with E-state index in [2.05, 4.69) is 10.5 Å². The quantitative estimate of drug-likeness (QED) is 0.492. The van der Waals surface area contributed by atoms with Crippen LogP contribution in [0.2, 0.25) is 5.02 Å². The first-order valence-electron chi connectivity index (χ1n) is 6.60. The average Bonchev–Trinajstić information content (AvgIpc) is 2.54. The number of carbonyl (C=O) groups is 1. The Balaban J connectivity index is 1.90. The van der Waals surface area contributed by atoms with Gasteiger partial charge in [-0.2, -0.15) is 5.10 Å². The Morgan fingerprint density at radius 2 is 2.17 bits per heavy atom. The molecule has 9 heteroatoms. The molecule has 0 spiro atoms. The van der Waals surface area contributed by atoms with E-state index in [0.29, 0.717) is 0 Å². The Morgan fingerprint density at radius 1 is 1.38 bits per heavy atom. The summed E-state index contributed by atoms with van der Waals surface area (Å²) in [6.45, 7) is -0.372. The molecule has 0 aromatic heterocycles. The number of non-ortho nitro benzene ring substituents is 1. The van der Waals surface area contributed by atoms with E-state index in [9.17, 15) is 19.3 Å². The van der Waals surface area contributed by atoms with Crippen LogP contribution in [-0.4, -0.2) is 23.7 Å². The molecule has 124 valence electrons. The summed E-state index contributed by atoms with van der Waals surface area (Å²) in [6, 6.07) is 9.18. The number of nitrogens with one attached hydrogen (secondary N) is 1. The molecule has 0 atom stereocenters. The molecule has 24 heavy (non-hydrogen) atoms. The molecule has 0 fully saturated rings. The fourth-order valence-electron chi connectivity index (χ4n) is 1.66. The van der Waals surface area contributed by atoms with E-state index in [4.69, 9.17) is 16.3 Å². The summed E-state index contributed by atoms with van der Waals surface area (Å²) in [5, 5.41) is 14.6. The third-order valence-electron chi connectivity index (χ3n) is 2.75.